The summed E-state index contributed by atoms with van der Waals surface area (Å²) in [6.07, 6.45) is 0.966. The molecule has 0 fully saturated rings. The molecule has 22 heavy (non-hydrogen) atoms. The number of benzene rings is 1. The smallest absolute Gasteiger partial charge is 0.415 e. The zero-order valence-corrected chi connectivity index (χ0v) is 11.8. The third-order valence-corrected chi connectivity index (χ3v) is 3.54. The molecule has 0 aliphatic carbocycles. The summed E-state index contributed by atoms with van der Waals surface area (Å²) < 4.78 is 6.78. The van der Waals surface area contributed by atoms with Gasteiger partial charge in [0.2, 0.25) is 0 Å². The number of rotatable bonds is 3. The third kappa shape index (κ3) is 2.78. The van der Waals surface area contributed by atoms with Crippen LogP contribution < -0.4 is 4.90 Å². The van der Waals surface area contributed by atoms with Crippen LogP contribution in [-0.2, 0) is 22.7 Å². The molecule has 1 atom stereocenters. The van der Waals surface area contributed by atoms with Gasteiger partial charge in [0, 0.05) is 12.6 Å². The number of aromatic nitrogens is 2. The molecular weight excluding hydrogens is 286 g/mol. The van der Waals surface area contributed by atoms with E-state index < -0.39 is 18.0 Å². The fourth-order valence-corrected chi connectivity index (χ4v) is 2.40. The first-order chi connectivity index (χ1) is 10.6. The fraction of sp³-hybridized carbons (Fsp3) is 0.267. The van der Waals surface area contributed by atoms with E-state index >= 15 is 0 Å². The Morgan fingerprint density at radius 1 is 1.23 bits per heavy atom. The zero-order chi connectivity index (χ0) is 15.5. The van der Waals surface area contributed by atoms with Gasteiger partial charge in [-0.2, -0.15) is 5.10 Å². The first-order valence-corrected chi connectivity index (χ1v) is 6.88. The van der Waals surface area contributed by atoms with Crippen LogP contribution in [0.4, 0.5) is 10.6 Å². The minimum absolute atomic E-state index is 0.0780. The van der Waals surface area contributed by atoms with Gasteiger partial charge in [-0.3, -0.25) is 9.69 Å². The van der Waals surface area contributed by atoms with Crippen LogP contribution in [0.15, 0.2) is 42.6 Å². The van der Waals surface area contributed by atoms with Crippen molar-refractivity contribution in [2.24, 2.45) is 5.92 Å². The van der Waals surface area contributed by atoms with Crippen molar-refractivity contribution in [2.75, 3.05) is 11.4 Å². The van der Waals surface area contributed by atoms with Gasteiger partial charge in [0.05, 0.1) is 18.7 Å². The van der Waals surface area contributed by atoms with Crippen LogP contribution in [0.3, 0.4) is 0 Å². The number of aliphatic carboxylic acids is 1. The molecule has 1 N–H and O–H groups in total. The molecule has 2 aromatic rings. The van der Waals surface area contributed by atoms with Gasteiger partial charge in [-0.05, 0) is 5.56 Å². The van der Waals surface area contributed by atoms with E-state index in [9.17, 15) is 14.7 Å². The highest BCUT2D eigenvalue weighted by molar-refractivity contribution is 5.88. The summed E-state index contributed by atoms with van der Waals surface area (Å²) in [7, 11) is 0. The van der Waals surface area contributed by atoms with Gasteiger partial charge in [0.1, 0.15) is 12.4 Å². The van der Waals surface area contributed by atoms with Gasteiger partial charge in [-0.1, -0.05) is 30.3 Å². The third-order valence-electron chi connectivity index (χ3n) is 3.54. The summed E-state index contributed by atoms with van der Waals surface area (Å²) >= 11 is 0. The van der Waals surface area contributed by atoms with Gasteiger partial charge >= 0.3 is 12.1 Å². The molecule has 1 unspecified atom stereocenters. The first-order valence-electron chi connectivity index (χ1n) is 6.88. The van der Waals surface area contributed by atoms with Gasteiger partial charge < -0.3 is 9.84 Å². The van der Waals surface area contributed by atoms with E-state index in [1.54, 1.807) is 6.07 Å². The second-order valence-electron chi connectivity index (χ2n) is 5.06. The average Bonchev–Trinajstić information content (AvgIpc) is 3.01. The summed E-state index contributed by atoms with van der Waals surface area (Å²) in [5.74, 6) is -1.10. The Bertz CT molecular complexity index is 683. The lowest BCUT2D eigenvalue weighted by Gasteiger charge is -2.30. The van der Waals surface area contributed by atoms with Crippen LogP contribution in [0.2, 0.25) is 0 Å². The predicted molar refractivity (Wildman–Crippen MR) is 77.3 cm³/mol. The number of carbonyl (C=O) groups excluding carboxylic acids is 1. The van der Waals surface area contributed by atoms with Crippen LogP contribution in [0.25, 0.3) is 0 Å². The van der Waals surface area contributed by atoms with Crippen molar-refractivity contribution in [2.45, 2.75) is 13.2 Å². The lowest BCUT2D eigenvalue weighted by molar-refractivity contribution is -0.142. The summed E-state index contributed by atoms with van der Waals surface area (Å²) in [6.45, 7) is 0.469. The highest BCUT2D eigenvalue weighted by atomic mass is 16.6. The number of nitrogens with zero attached hydrogens (tertiary/aromatic N) is 3. The Morgan fingerprint density at radius 3 is 2.73 bits per heavy atom. The number of anilines is 1. The molecule has 1 aliphatic rings. The molecule has 1 aliphatic heterocycles. The number of ether oxygens (including phenoxy) is 1. The molecule has 0 saturated carbocycles. The second-order valence-corrected chi connectivity index (χ2v) is 5.06. The maximum absolute atomic E-state index is 12.3. The standard InChI is InChI=1S/C15H15N3O4/c19-14(20)12-8-17(13-6-7-16-18(13)9-12)15(21)22-10-11-4-2-1-3-5-11/h1-7,12H,8-10H2,(H,19,20). The summed E-state index contributed by atoms with van der Waals surface area (Å²) in [6, 6.07) is 11.0. The molecule has 1 aromatic heterocycles. The van der Waals surface area contributed by atoms with Crippen LogP contribution >= 0.6 is 0 Å². The molecule has 7 nitrogen and oxygen atoms in total. The SMILES string of the molecule is O=C(O)C1CN(C(=O)OCc2ccccc2)c2ccnn2C1. The normalized spacial score (nSPS) is 16.9. The number of carboxylic acid groups (broad SMARTS) is 1. The predicted octanol–water partition coefficient (Wildman–Crippen LogP) is 1.74. The van der Waals surface area contributed by atoms with Gasteiger partial charge in [0.25, 0.3) is 0 Å². The van der Waals surface area contributed by atoms with Crippen LogP contribution in [0, 0.1) is 5.92 Å². The molecule has 0 saturated heterocycles. The monoisotopic (exact) mass is 301 g/mol. The quantitative estimate of drug-likeness (QED) is 0.933. The molecule has 114 valence electrons. The van der Waals surface area contributed by atoms with Crippen LogP contribution in [0.1, 0.15) is 5.56 Å². The minimum Gasteiger partial charge on any atom is -0.481 e. The Morgan fingerprint density at radius 2 is 2.00 bits per heavy atom. The molecule has 0 radical (unpaired) electrons. The highest BCUT2D eigenvalue weighted by Gasteiger charge is 2.33. The number of carboxylic acids is 1. The average molecular weight is 301 g/mol. The molecule has 0 bridgehead atoms. The topological polar surface area (TPSA) is 84.7 Å². The van der Waals surface area contributed by atoms with Gasteiger partial charge in [0.15, 0.2) is 0 Å². The summed E-state index contributed by atoms with van der Waals surface area (Å²) in [5.41, 5.74) is 0.871. The van der Waals surface area contributed by atoms with Crippen molar-refractivity contribution in [3.8, 4) is 0 Å². The Hall–Kier alpha value is -2.83. The largest absolute Gasteiger partial charge is 0.481 e. The van der Waals surface area contributed by atoms with Crippen molar-refractivity contribution < 1.29 is 19.4 Å². The number of hydrogen-bond acceptors (Lipinski definition) is 4. The summed E-state index contributed by atoms with van der Waals surface area (Å²) in [4.78, 5) is 24.8. The van der Waals surface area contributed by atoms with Crippen LogP contribution in [-0.4, -0.2) is 33.5 Å². The maximum atomic E-state index is 12.3. The van der Waals surface area contributed by atoms with E-state index in [0.29, 0.717) is 5.82 Å². The lowest BCUT2D eigenvalue weighted by atomic mass is 10.1. The molecule has 7 heteroatoms. The second kappa shape index (κ2) is 5.88. The van der Waals surface area contributed by atoms with E-state index in [1.807, 2.05) is 30.3 Å². The molecule has 1 amide bonds. The van der Waals surface area contributed by atoms with E-state index in [4.69, 9.17) is 4.74 Å². The van der Waals surface area contributed by atoms with E-state index in [0.717, 1.165) is 5.56 Å². The fourth-order valence-electron chi connectivity index (χ4n) is 2.40. The molecule has 3 rings (SSSR count). The van der Waals surface area contributed by atoms with E-state index in [2.05, 4.69) is 5.10 Å². The van der Waals surface area contributed by atoms with Gasteiger partial charge in [-0.25, -0.2) is 9.48 Å². The van der Waals surface area contributed by atoms with Crippen molar-refractivity contribution in [1.82, 2.24) is 9.78 Å². The van der Waals surface area contributed by atoms with Crippen molar-refractivity contribution >= 4 is 17.9 Å². The van der Waals surface area contributed by atoms with E-state index in [-0.39, 0.29) is 19.7 Å². The number of carbonyl (C=O) groups is 2. The van der Waals surface area contributed by atoms with E-state index in [1.165, 1.54) is 15.8 Å². The number of hydrogen-bond donors (Lipinski definition) is 1. The Balaban J connectivity index is 1.73. The molecule has 2 heterocycles. The van der Waals surface area contributed by atoms with Crippen molar-refractivity contribution in [1.29, 1.82) is 0 Å². The molecule has 0 spiro atoms. The molecular formula is C15H15N3O4. The zero-order valence-electron chi connectivity index (χ0n) is 11.8. The van der Waals surface area contributed by atoms with Crippen molar-refractivity contribution in [3.63, 3.8) is 0 Å². The van der Waals surface area contributed by atoms with Crippen LogP contribution in [0.5, 0.6) is 0 Å². The summed E-state index contributed by atoms with van der Waals surface area (Å²) in [5, 5.41) is 13.2. The van der Waals surface area contributed by atoms with Crippen molar-refractivity contribution in [3.05, 3.63) is 48.2 Å². The number of fused-ring (bicyclic) bond motifs is 1. The number of amides is 1. The Kier molecular flexibility index (Phi) is 3.78. The lowest BCUT2D eigenvalue weighted by Crippen LogP contribution is -2.45. The molecule has 1 aromatic carbocycles. The minimum atomic E-state index is -0.956. The first kappa shape index (κ1) is 14.1. The Labute approximate surface area is 126 Å². The maximum Gasteiger partial charge on any atom is 0.415 e. The highest BCUT2D eigenvalue weighted by Crippen LogP contribution is 2.24. The van der Waals surface area contributed by atoms with Gasteiger partial charge in [-0.15, -0.1) is 0 Å².